The van der Waals surface area contributed by atoms with Crippen molar-refractivity contribution in [2.45, 2.75) is 19.5 Å². The Labute approximate surface area is 214 Å². The van der Waals surface area contributed by atoms with E-state index in [0.29, 0.717) is 17.9 Å². The highest BCUT2D eigenvalue weighted by Crippen LogP contribution is 2.37. The number of hydroxylamine groups is 1. The van der Waals surface area contributed by atoms with Crippen molar-refractivity contribution in [1.29, 1.82) is 0 Å². The first kappa shape index (κ1) is 28.2. The highest BCUT2D eigenvalue weighted by Gasteiger charge is 2.30. The molecule has 1 aromatic carbocycles. The van der Waals surface area contributed by atoms with Crippen LogP contribution in [0.15, 0.2) is 53.0 Å². The van der Waals surface area contributed by atoms with Crippen LogP contribution in [-0.2, 0) is 11.0 Å². The topological polar surface area (TPSA) is 61.8 Å². The van der Waals surface area contributed by atoms with E-state index in [2.05, 4.69) is 10.5 Å². The van der Waals surface area contributed by atoms with Gasteiger partial charge in [-0.3, -0.25) is 10.3 Å². The molecule has 13 heteroatoms. The normalized spacial score (nSPS) is 11.7. The zero-order valence-electron chi connectivity index (χ0n) is 17.6. The fraction of sp³-hybridized carbons (Fsp3) is 0.286. The van der Waals surface area contributed by atoms with Crippen LogP contribution in [0.4, 0.5) is 13.2 Å². The second-order valence-corrected chi connectivity index (χ2v) is 8.30. The maximum absolute atomic E-state index is 12.5. The Morgan fingerprint density at radius 2 is 1.79 bits per heavy atom. The second-order valence-electron chi connectivity index (χ2n) is 6.47. The number of ether oxygens (including phenoxy) is 3. The maximum Gasteiger partial charge on any atom is 0.417 e. The number of benzene rings is 1. The van der Waals surface area contributed by atoms with E-state index in [4.69, 9.17) is 65.5 Å². The van der Waals surface area contributed by atoms with E-state index >= 15 is 0 Å². The van der Waals surface area contributed by atoms with Crippen molar-refractivity contribution in [2.75, 3.05) is 19.8 Å². The fourth-order valence-electron chi connectivity index (χ4n) is 2.21. The number of halogens is 7. The molecule has 0 atom stereocenters. The largest absolute Gasteiger partial charge is 0.489 e. The molecule has 1 heterocycles. The Hall–Kier alpha value is -2.04. The van der Waals surface area contributed by atoms with Crippen molar-refractivity contribution in [3.63, 3.8) is 0 Å². The molecule has 0 unspecified atom stereocenters. The molecule has 0 aliphatic heterocycles. The Bertz CT molecular complexity index is 975. The van der Waals surface area contributed by atoms with E-state index in [9.17, 15) is 13.2 Å². The highest BCUT2D eigenvalue weighted by atomic mass is 35.5. The lowest BCUT2D eigenvalue weighted by Crippen LogP contribution is -2.15. The second kappa shape index (κ2) is 13.7. The van der Waals surface area contributed by atoms with Crippen molar-refractivity contribution >= 4 is 46.4 Å². The summed E-state index contributed by atoms with van der Waals surface area (Å²) >= 11 is 23.4. The van der Waals surface area contributed by atoms with Crippen LogP contribution in [0.5, 0.6) is 17.4 Å². The van der Waals surface area contributed by atoms with E-state index in [1.807, 2.05) is 0 Å². The third kappa shape index (κ3) is 10.1. The van der Waals surface area contributed by atoms with Gasteiger partial charge in [0.25, 0.3) is 0 Å². The third-order valence-electron chi connectivity index (χ3n) is 3.75. The Kier molecular flexibility index (Phi) is 11.4. The number of alkyl halides is 3. The summed E-state index contributed by atoms with van der Waals surface area (Å²) in [5.41, 5.74) is 2.34. The van der Waals surface area contributed by atoms with Gasteiger partial charge in [0.1, 0.15) is 23.1 Å². The van der Waals surface area contributed by atoms with Crippen LogP contribution in [0.3, 0.4) is 0 Å². The fourth-order valence-corrected chi connectivity index (χ4v) is 2.89. The summed E-state index contributed by atoms with van der Waals surface area (Å²) in [6.07, 6.45) is -0.453. The molecule has 0 saturated heterocycles. The van der Waals surface area contributed by atoms with Crippen LogP contribution < -0.4 is 19.7 Å². The lowest BCUT2D eigenvalue weighted by molar-refractivity contribution is -0.137. The first-order chi connectivity index (χ1) is 16.1. The summed E-state index contributed by atoms with van der Waals surface area (Å²) in [7, 11) is 0. The molecule has 0 saturated carbocycles. The maximum atomic E-state index is 12.5. The van der Waals surface area contributed by atoms with E-state index in [1.165, 1.54) is 24.5 Å². The van der Waals surface area contributed by atoms with Crippen LogP contribution in [0.25, 0.3) is 0 Å². The summed E-state index contributed by atoms with van der Waals surface area (Å²) in [5.74, 6) is 0.721. The molecule has 34 heavy (non-hydrogen) atoms. The summed E-state index contributed by atoms with van der Waals surface area (Å²) in [4.78, 5) is 8.89. The number of pyridine rings is 1. The molecule has 0 spiro atoms. The van der Waals surface area contributed by atoms with Gasteiger partial charge < -0.3 is 14.2 Å². The molecule has 0 aliphatic rings. The number of nitrogens with zero attached hydrogens (tertiary/aromatic N) is 1. The molecule has 186 valence electrons. The summed E-state index contributed by atoms with van der Waals surface area (Å²) in [5, 5.41) is 0.449. The van der Waals surface area contributed by atoms with Crippen LogP contribution in [0, 0.1) is 0 Å². The lowest BCUT2D eigenvalue weighted by Gasteiger charge is -2.11. The van der Waals surface area contributed by atoms with Gasteiger partial charge in [-0.05, 0) is 19.1 Å². The van der Waals surface area contributed by atoms with Gasteiger partial charge in [-0.15, -0.1) is 0 Å². The first-order valence-corrected chi connectivity index (χ1v) is 11.1. The molecular formula is C21H19Cl4F3N2O4. The minimum atomic E-state index is -4.44. The Morgan fingerprint density at radius 1 is 1.09 bits per heavy atom. The molecule has 6 nitrogen and oxygen atoms in total. The number of allylic oxidation sites excluding steroid dienone is 1. The molecule has 2 aromatic rings. The molecule has 1 N–H and O–H groups in total. The SMILES string of the molecule is CC(=COc1c(Cl)cc(OCC=C(Cl)Cl)cc1Cl)NOCCCOc1ccc(C(F)(F)F)cn1. The van der Waals surface area contributed by atoms with Gasteiger partial charge in [0, 0.05) is 30.8 Å². The van der Waals surface area contributed by atoms with Crippen LogP contribution in [0.1, 0.15) is 18.9 Å². The molecule has 0 radical (unpaired) electrons. The van der Waals surface area contributed by atoms with Gasteiger partial charge in [-0.2, -0.15) is 13.2 Å². The molecule has 0 aliphatic carbocycles. The van der Waals surface area contributed by atoms with E-state index < -0.39 is 11.7 Å². The third-order valence-corrected chi connectivity index (χ3v) is 4.62. The van der Waals surface area contributed by atoms with E-state index in [0.717, 1.165) is 18.3 Å². The lowest BCUT2D eigenvalue weighted by atomic mass is 10.3. The van der Waals surface area contributed by atoms with Gasteiger partial charge in [-0.1, -0.05) is 46.4 Å². The number of rotatable bonds is 12. The number of aromatic nitrogens is 1. The van der Waals surface area contributed by atoms with Crippen LogP contribution in [-0.4, -0.2) is 24.8 Å². The minimum Gasteiger partial charge on any atom is -0.489 e. The first-order valence-electron chi connectivity index (χ1n) is 9.56. The van der Waals surface area contributed by atoms with Crippen LogP contribution >= 0.6 is 46.4 Å². The molecule has 0 bridgehead atoms. The summed E-state index contributed by atoms with van der Waals surface area (Å²) in [6, 6.07) is 5.12. The van der Waals surface area contributed by atoms with Gasteiger partial charge in [0.15, 0.2) is 5.75 Å². The zero-order chi connectivity index (χ0) is 25.1. The van der Waals surface area contributed by atoms with Gasteiger partial charge in [0.2, 0.25) is 5.88 Å². The summed E-state index contributed by atoms with van der Waals surface area (Å²) < 4.78 is 53.8. The van der Waals surface area contributed by atoms with Gasteiger partial charge in [-0.25, -0.2) is 4.98 Å². The average Bonchev–Trinajstić information content (AvgIpc) is 2.75. The number of hydrogen-bond acceptors (Lipinski definition) is 6. The Balaban J connectivity index is 1.71. The average molecular weight is 562 g/mol. The molecular weight excluding hydrogens is 543 g/mol. The van der Waals surface area contributed by atoms with Crippen molar-refractivity contribution in [2.24, 2.45) is 0 Å². The van der Waals surface area contributed by atoms with E-state index in [-0.39, 0.29) is 46.0 Å². The van der Waals surface area contributed by atoms with Gasteiger partial charge >= 0.3 is 6.18 Å². The zero-order valence-corrected chi connectivity index (χ0v) is 20.6. The summed E-state index contributed by atoms with van der Waals surface area (Å²) in [6.45, 7) is 2.28. The molecule has 2 rings (SSSR count). The van der Waals surface area contributed by atoms with Crippen LogP contribution in [0.2, 0.25) is 10.0 Å². The van der Waals surface area contributed by atoms with Crippen molar-refractivity contribution in [3.05, 3.63) is 68.6 Å². The van der Waals surface area contributed by atoms with Crippen molar-refractivity contribution in [1.82, 2.24) is 10.5 Å². The molecule has 0 amide bonds. The van der Waals surface area contributed by atoms with Crippen molar-refractivity contribution < 1.29 is 32.2 Å². The highest BCUT2D eigenvalue weighted by molar-refractivity contribution is 6.55. The molecule has 1 aromatic heterocycles. The monoisotopic (exact) mass is 560 g/mol. The predicted molar refractivity (Wildman–Crippen MR) is 125 cm³/mol. The molecule has 0 fully saturated rings. The number of hydrogen-bond donors (Lipinski definition) is 1. The standard InChI is InChI=1S/C21H19Cl4F3N2O4/c1-13(12-33-20-16(22)9-15(10-17(20)23)31-8-5-18(24)25)30-34-7-2-6-32-19-4-3-14(11-29-19)21(26,27)28/h3-5,9-12,30H,2,6-8H2,1H3. The Morgan fingerprint density at radius 3 is 2.38 bits per heavy atom. The van der Waals surface area contributed by atoms with Crippen molar-refractivity contribution in [3.8, 4) is 17.4 Å². The minimum absolute atomic E-state index is 0.0798. The van der Waals surface area contributed by atoms with E-state index in [1.54, 1.807) is 6.92 Å². The van der Waals surface area contributed by atoms with Gasteiger partial charge in [0.05, 0.1) is 34.5 Å². The number of nitrogens with one attached hydrogen (secondary N) is 1. The smallest absolute Gasteiger partial charge is 0.417 e. The predicted octanol–water partition coefficient (Wildman–Crippen LogP) is 7.34. The quantitative estimate of drug-likeness (QED) is 0.166.